The summed E-state index contributed by atoms with van der Waals surface area (Å²) in [6.45, 7) is 2.25. The molecule has 21 heavy (non-hydrogen) atoms. The van der Waals surface area contributed by atoms with Gasteiger partial charge in [0.15, 0.2) is 0 Å². The van der Waals surface area contributed by atoms with Gasteiger partial charge in [0.2, 0.25) is 0 Å². The molecule has 3 unspecified atom stereocenters. The zero-order valence-corrected chi connectivity index (χ0v) is 14.1. The molecule has 6 heteroatoms. The van der Waals surface area contributed by atoms with Crippen molar-refractivity contribution in [3.05, 3.63) is 33.3 Å². The molecule has 3 N–H and O–H groups in total. The van der Waals surface area contributed by atoms with Crippen molar-refractivity contribution < 1.29 is 9.47 Å². The first kappa shape index (κ1) is 15.7. The molecule has 2 saturated heterocycles. The van der Waals surface area contributed by atoms with Gasteiger partial charge in [0.05, 0.1) is 17.2 Å². The largest absolute Gasteiger partial charge is 0.378 e. The smallest absolute Gasteiger partial charge is 0.0940 e. The Balaban J connectivity index is 1.80. The number of nitrogens with one attached hydrogen (secondary N) is 1. The van der Waals surface area contributed by atoms with Gasteiger partial charge >= 0.3 is 0 Å². The number of nitrogens with two attached hydrogens (primary N) is 1. The van der Waals surface area contributed by atoms with Crippen LogP contribution in [0.4, 0.5) is 0 Å². The third-order valence-electron chi connectivity index (χ3n) is 4.55. The Morgan fingerprint density at radius 3 is 2.95 bits per heavy atom. The van der Waals surface area contributed by atoms with Crippen molar-refractivity contribution in [3.63, 3.8) is 0 Å². The molecule has 0 saturated carbocycles. The zero-order chi connectivity index (χ0) is 14.9. The highest BCUT2D eigenvalue weighted by molar-refractivity contribution is 9.10. The third kappa shape index (κ3) is 3.28. The molecule has 0 amide bonds. The van der Waals surface area contributed by atoms with E-state index in [4.69, 9.17) is 26.9 Å². The summed E-state index contributed by atoms with van der Waals surface area (Å²) in [6.07, 6.45) is 2.93. The maximum Gasteiger partial charge on any atom is 0.0940 e. The molecule has 0 bridgehead atoms. The topological polar surface area (TPSA) is 56.5 Å². The number of hydrogen-bond acceptors (Lipinski definition) is 4. The second-order valence-electron chi connectivity index (χ2n) is 5.90. The van der Waals surface area contributed by atoms with Gasteiger partial charge in [-0.3, -0.25) is 11.3 Å². The molecule has 1 spiro atoms. The lowest BCUT2D eigenvalue weighted by molar-refractivity contribution is -0.103. The maximum absolute atomic E-state index is 6.21. The highest BCUT2D eigenvalue weighted by atomic mass is 79.9. The summed E-state index contributed by atoms with van der Waals surface area (Å²) in [7, 11) is 0. The van der Waals surface area contributed by atoms with Crippen LogP contribution >= 0.6 is 27.5 Å². The lowest BCUT2D eigenvalue weighted by Gasteiger charge is -2.40. The van der Waals surface area contributed by atoms with Gasteiger partial charge in [0, 0.05) is 30.1 Å². The van der Waals surface area contributed by atoms with Gasteiger partial charge < -0.3 is 9.47 Å². The van der Waals surface area contributed by atoms with E-state index in [9.17, 15) is 0 Å². The van der Waals surface area contributed by atoms with Gasteiger partial charge in [-0.05, 0) is 52.4 Å². The van der Waals surface area contributed by atoms with Gasteiger partial charge in [-0.15, -0.1) is 0 Å². The average Bonchev–Trinajstić information content (AvgIpc) is 2.91. The molecular formula is C15H20BrClN2O2. The predicted molar refractivity (Wildman–Crippen MR) is 86.1 cm³/mol. The molecule has 2 aliphatic rings. The summed E-state index contributed by atoms with van der Waals surface area (Å²) in [5.74, 6) is 6.25. The molecule has 3 rings (SSSR count). The zero-order valence-electron chi connectivity index (χ0n) is 11.8. The fraction of sp³-hybridized carbons (Fsp3) is 0.600. The number of benzene rings is 1. The molecule has 0 aromatic heterocycles. The van der Waals surface area contributed by atoms with E-state index in [1.165, 1.54) is 0 Å². The SMILES string of the molecule is NNC(c1ccc(Br)c(Cl)c1)C1CCOC2(CCOC2)C1. The molecular weight excluding hydrogens is 356 g/mol. The second kappa shape index (κ2) is 6.52. The third-order valence-corrected chi connectivity index (χ3v) is 5.78. The van der Waals surface area contributed by atoms with E-state index in [0.717, 1.165) is 42.5 Å². The second-order valence-corrected chi connectivity index (χ2v) is 7.17. The standard InChI is InChI=1S/C15H20BrClN2O2/c16-12-2-1-10(7-13(12)17)14(19-18)11-3-5-21-15(8-11)4-6-20-9-15/h1-2,7,11,14,19H,3-6,8-9,18H2. The summed E-state index contributed by atoms with van der Waals surface area (Å²) >= 11 is 9.64. The first-order chi connectivity index (χ1) is 10.1. The van der Waals surface area contributed by atoms with Crippen molar-refractivity contribution in [2.24, 2.45) is 11.8 Å². The van der Waals surface area contributed by atoms with Gasteiger partial charge in [0.1, 0.15) is 0 Å². The van der Waals surface area contributed by atoms with Crippen molar-refractivity contribution >= 4 is 27.5 Å². The minimum Gasteiger partial charge on any atom is -0.378 e. The van der Waals surface area contributed by atoms with Crippen LogP contribution in [0.3, 0.4) is 0 Å². The highest BCUT2D eigenvalue weighted by Crippen LogP contribution is 2.41. The van der Waals surface area contributed by atoms with Gasteiger partial charge in [-0.25, -0.2) is 0 Å². The quantitative estimate of drug-likeness (QED) is 0.629. The van der Waals surface area contributed by atoms with Crippen LogP contribution in [-0.2, 0) is 9.47 Å². The van der Waals surface area contributed by atoms with Gasteiger partial charge in [-0.1, -0.05) is 17.7 Å². The van der Waals surface area contributed by atoms with E-state index in [-0.39, 0.29) is 11.6 Å². The fourth-order valence-electron chi connectivity index (χ4n) is 3.42. The van der Waals surface area contributed by atoms with Crippen LogP contribution in [0.5, 0.6) is 0 Å². The Hall–Kier alpha value is -0.170. The van der Waals surface area contributed by atoms with Crippen molar-refractivity contribution in [2.45, 2.75) is 30.9 Å². The summed E-state index contributed by atoms with van der Waals surface area (Å²) in [5, 5.41) is 0.707. The van der Waals surface area contributed by atoms with E-state index in [1.54, 1.807) is 0 Å². The van der Waals surface area contributed by atoms with Crippen LogP contribution in [0.2, 0.25) is 5.02 Å². The van der Waals surface area contributed by atoms with E-state index in [1.807, 2.05) is 12.1 Å². The monoisotopic (exact) mass is 374 g/mol. The summed E-state index contributed by atoms with van der Waals surface area (Å²) in [6, 6.07) is 6.09. The number of hydrazine groups is 1. The Morgan fingerprint density at radius 1 is 1.43 bits per heavy atom. The summed E-state index contributed by atoms with van der Waals surface area (Å²) in [5.41, 5.74) is 3.97. The molecule has 2 aliphatic heterocycles. The highest BCUT2D eigenvalue weighted by Gasteiger charge is 2.43. The Labute approximate surface area is 138 Å². The molecule has 4 nitrogen and oxygen atoms in total. The van der Waals surface area contributed by atoms with E-state index >= 15 is 0 Å². The lowest BCUT2D eigenvalue weighted by atomic mass is 9.79. The molecule has 1 aromatic rings. The molecule has 2 heterocycles. The number of ether oxygens (including phenoxy) is 2. The molecule has 116 valence electrons. The Morgan fingerprint density at radius 2 is 2.29 bits per heavy atom. The van der Waals surface area contributed by atoms with Crippen LogP contribution in [-0.4, -0.2) is 25.4 Å². The van der Waals surface area contributed by atoms with Gasteiger partial charge in [0.25, 0.3) is 0 Å². The number of halogens is 2. The molecule has 2 fully saturated rings. The lowest BCUT2D eigenvalue weighted by Crippen LogP contribution is -2.45. The van der Waals surface area contributed by atoms with Crippen LogP contribution in [0.1, 0.15) is 30.9 Å². The van der Waals surface area contributed by atoms with Crippen molar-refractivity contribution in [2.75, 3.05) is 19.8 Å². The molecule has 0 aliphatic carbocycles. The minimum atomic E-state index is -0.114. The molecule has 3 atom stereocenters. The number of hydrogen-bond donors (Lipinski definition) is 2. The van der Waals surface area contributed by atoms with E-state index < -0.39 is 0 Å². The number of rotatable bonds is 3. The predicted octanol–water partition coefficient (Wildman–Crippen LogP) is 3.19. The van der Waals surface area contributed by atoms with Crippen LogP contribution in [0.25, 0.3) is 0 Å². The first-order valence-electron chi connectivity index (χ1n) is 7.26. The first-order valence-corrected chi connectivity index (χ1v) is 8.43. The van der Waals surface area contributed by atoms with Crippen molar-refractivity contribution in [3.8, 4) is 0 Å². The Kier molecular flexibility index (Phi) is 4.88. The van der Waals surface area contributed by atoms with Crippen molar-refractivity contribution in [1.82, 2.24) is 5.43 Å². The summed E-state index contributed by atoms with van der Waals surface area (Å²) < 4.78 is 12.4. The van der Waals surface area contributed by atoms with Crippen molar-refractivity contribution in [1.29, 1.82) is 0 Å². The van der Waals surface area contributed by atoms with Crippen LogP contribution in [0.15, 0.2) is 22.7 Å². The normalized spacial score (nSPS) is 30.7. The van der Waals surface area contributed by atoms with Crippen LogP contribution in [0, 0.1) is 5.92 Å². The van der Waals surface area contributed by atoms with Gasteiger partial charge in [-0.2, -0.15) is 0 Å². The van der Waals surface area contributed by atoms with Crippen LogP contribution < -0.4 is 11.3 Å². The Bertz CT molecular complexity index is 508. The average molecular weight is 376 g/mol. The molecule has 0 radical (unpaired) electrons. The van der Waals surface area contributed by atoms with E-state index in [0.29, 0.717) is 17.5 Å². The van der Waals surface area contributed by atoms with E-state index in [2.05, 4.69) is 27.4 Å². The fourth-order valence-corrected chi connectivity index (χ4v) is 3.86. The molecule has 1 aromatic carbocycles. The maximum atomic E-state index is 6.21. The summed E-state index contributed by atoms with van der Waals surface area (Å²) in [4.78, 5) is 0. The minimum absolute atomic E-state index is 0.0805.